The molecule has 0 bridgehead atoms. The third-order valence-electron chi connectivity index (χ3n) is 6.48. The Labute approximate surface area is 167 Å². The fourth-order valence-corrected chi connectivity index (χ4v) is 7.39. The van der Waals surface area contributed by atoms with Gasteiger partial charge in [-0.3, -0.25) is 0 Å². The van der Waals surface area contributed by atoms with Crippen LogP contribution in [0.1, 0.15) is 65.2 Å². The number of ether oxygens (including phenoxy) is 1. The molecule has 0 radical (unpaired) electrons. The van der Waals surface area contributed by atoms with Gasteiger partial charge >= 0.3 is 0 Å². The Kier molecular flexibility index (Phi) is 7.39. The molecule has 3 fully saturated rings. The summed E-state index contributed by atoms with van der Waals surface area (Å²) in [4.78, 5) is 0. The van der Waals surface area contributed by atoms with Gasteiger partial charge in [0.1, 0.15) is 0 Å². The second-order valence-electron chi connectivity index (χ2n) is 8.86. The first-order chi connectivity index (χ1) is 12.8. The minimum atomic E-state index is -3.27. The Morgan fingerprint density at radius 3 is 2.33 bits per heavy atom. The normalized spacial score (nSPS) is 34.7. The lowest BCUT2D eigenvalue weighted by atomic mass is 9.80. The van der Waals surface area contributed by atoms with Crippen molar-refractivity contribution in [3.05, 3.63) is 0 Å². The average molecular weight is 421 g/mol. The monoisotopic (exact) mass is 420 g/mol. The summed E-state index contributed by atoms with van der Waals surface area (Å²) in [7, 11) is -4.43. The molecule has 8 heteroatoms. The van der Waals surface area contributed by atoms with E-state index in [1.165, 1.54) is 12.8 Å². The molecule has 6 nitrogen and oxygen atoms in total. The lowest BCUT2D eigenvalue weighted by molar-refractivity contribution is -0.0172. The van der Waals surface area contributed by atoms with Gasteiger partial charge < -0.3 is 4.74 Å². The lowest BCUT2D eigenvalue weighted by Gasteiger charge is -2.41. The first kappa shape index (κ1) is 21.7. The van der Waals surface area contributed by atoms with Gasteiger partial charge in [0, 0.05) is 18.8 Å². The quantitative estimate of drug-likeness (QED) is 0.654. The first-order valence-electron chi connectivity index (χ1n) is 10.5. The van der Waals surface area contributed by atoms with Crippen molar-refractivity contribution in [3.8, 4) is 0 Å². The number of nitrogens with one attached hydrogen (secondary N) is 1. The maximum Gasteiger partial charge on any atom is 0.217 e. The molecule has 1 aliphatic heterocycles. The minimum absolute atomic E-state index is 0.106. The van der Waals surface area contributed by atoms with Crippen molar-refractivity contribution < 1.29 is 17.4 Å². The predicted octanol–water partition coefficient (Wildman–Crippen LogP) is 2.43. The molecule has 3 aliphatic rings. The van der Waals surface area contributed by atoms with E-state index in [9.17, 15) is 12.6 Å². The van der Waals surface area contributed by atoms with Crippen molar-refractivity contribution >= 4 is 21.0 Å². The Balaban J connectivity index is 1.64. The largest absolute Gasteiger partial charge is 0.376 e. The van der Waals surface area contributed by atoms with E-state index in [0.717, 1.165) is 50.4 Å². The number of piperidine rings is 1. The van der Waals surface area contributed by atoms with Gasteiger partial charge in [0.2, 0.25) is 10.0 Å². The van der Waals surface area contributed by atoms with Crippen molar-refractivity contribution in [2.45, 2.75) is 88.7 Å². The average Bonchev–Trinajstić information content (AvgIpc) is 3.46. The summed E-state index contributed by atoms with van der Waals surface area (Å²) < 4.78 is 48.6. The van der Waals surface area contributed by atoms with Crippen molar-refractivity contribution in [1.82, 2.24) is 9.03 Å². The van der Waals surface area contributed by atoms with Crippen LogP contribution in [0.3, 0.4) is 0 Å². The maximum absolute atomic E-state index is 12.9. The van der Waals surface area contributed by atoms with Gasteiger partial charge in [0.15, 0.2) is 0 Å². The zero-order valence-electron chi connectivity index (χ0n) is 16.9. The molecule has 3 rings (SSSR count). The van der Waals surface area contributed by atoms with Crippen LogP contribution in [0, 0.1) is 11.8 Å². The van der Waals surface area contributed by atoms with E-state index in [4.69, 9.17) is 4.74 Å². The standard InChI is InChI=1S/C19H36N2O4S2/c1-14(2)15-6-8-16(9-7-15)25-13-19-18(20-26(3)22)5-4-12-21(19)27(23,24)17-10-11-17/h14-20H,4-13H2,1-3H3. The third-order valence-corrected chi connectivity index (χ3v) is 9.54. The molecule has 1 saturated heterocycles. The van der Waals surface area contributed by atoms with Crippen LogP contribution in [-0.4, -0.2) is 59.8 Å². The van der Waals surface area contributed by atoms with Crippen LogP contribution in [0.15, 0.2) is 0 Å². The molecule has 2 aliphatic carbocycles. The van der Waals surface area contributed by atoms with E-state index < -0.39 is 21.0 Å². The van der Waals surface area contributed by atoms with Gasteiger partial charge in [-0.25, -0.2) is 17.3 Å². The third kappa shape index (κ3) is 5.53. The fraction of sp³-hybridized carbons (Fsp3) is 1.00. The molecule has 1 heterocycles. The topological polar surface area (TPSA) is 75.7 Å². The van der Waals surface area contributed by atoms with E-state index in [1.54, 1.807) is 10.6 Å². The van der Waals surface area contributed by atoms with E-state index >= 15 is 0 Å². The first-order valence-corrected chi connectivity index (χ1v) is 13.6. The van der Waals surface area contributed by atoms with Gasteiger partial charge in [-0.1, -0.05) is 13.8 Å². The molecular formula is C19H36N2O4S2. The van der Waals surface area contributed by atoms with Crippen LogP contribution in [0.4, 0.5) is 0 Å². The molecule has 3 unspecified atom stereocenters. The molecule has 158 valence electrons. The molecule has 1 N–H and O–H groups in total. The summed E-state index contributed by atoms with van der Waals surface area (Å²) in [6.07, 6.45) is 9.51. The van der Waals surface area contributed by atoms with Gasteiger partial charge in [-0.05, 0) is 63.2 Å². The Bertz CT molecular complexity index is 613. The molecule has 0 amide bonds. The highest BCUT2D eigenvalue weighted by atomic mass is 32.2. The summed E-state index contributed by atoms with van der Waals surface area (Å²) in [5, 5.41) is -0.215. The van der Waals surface area contributed by atoms with E-state index in [-0.39, 0.29) is 23.4 Å². The Hall–Kier alpha value is -0.0200. The summed E-state index contributed by atoms with van der Waals surface area (Å²) in [6.45, 7) is 5.53. The Morgan fingerprint density at radius 2 is 1.78 bits per heavy atom. The number of hydrogen-bond donors (Lipinski definition) is 1. The van der Waals surface area contributed by atoms with Gasteiger partial charge in [0.05, 0.1) is 35.0 Å². The smallest absolute Gasteiger partial charge is 0.217 e. The van der Waals surface area contributed by atoms with Crippen LogP contribution >= 0.6 is 0 Å². The molecule has 0 spiro atoms. The van der Waals surface area contributed by atoms with Gasteiger partial charge in [-0.15, -0.1) is 0 Å². The summed E-state index contributed by atoms with van der Waals surface area (Å²) in [6, 6.07) is -0.360. The lowest BCUT2D eigenvalue weighted by Crippen LogP contribution is -2.58. The van der Waals surface area contributed by atoms with E-state index in [1.807, 2.05) is 0 Å². The second kappa shape index (κ2) is 9.20. The number of rotatable bonds is 8. The van der Waals surface area contributed by atoms with Crippen LogP contribution < -0.4 is 4.72 Å². The summed E-state index contributed by atoms with van der Waals surface area (Å²) in [5.74, 6) is 1.50. The molecule has 27 heavy (non-hydrogen) atoms. The van der Waals surface area contributed by atoms with Gasteiger partial charge in [0.25, 0.3) is 0 Å². The van der Waals surface area contributed by atoms with E-state index in [2.05, 4.69) is 18.6 Å². The van der Waals surface area contributed by atoms with Crippen molar-refractivity contribution in [2.24, 2.45) is 11.8 Å². The van der Waals surface area contributed by atoms with E-state index in [0.29, 0.717) is 13.2 Å². The molecule has 2 saturated carbocycles. The zero-order chi connectivity index (χ0) is 19.6. The predicted molar refractivity (Wildman–Crippen MR) is 109 cm³/mol. The van der Waals surface area contributed by atoms with Crippen LogP contribution in [0.25, 0.3) is 0 Å². The summed E-state index contributed by atoms with van der Waals surface area (Å²) in [5.41, 5.74) is 0. The molecule has 0 aromatic heterocycles. The minimum Gasteiger partial charge on any atom is -0.376 e. The fourth-order valence-electron chi connectivity index (χ4n) is 4.61. The van der Waals surface area contributed by atoms with Crippen molar-refractivity contribution in [3.63, 3.8) is 0 Å². The number of nitrogens with zero attached hydrogens (tertiary/aromatic N) is 1. The number of hydrogen-bond acceptors (Lipinski definition) is 4. The van der Waals surface area contributed by atoms with Crippen LogP contribution in [-0.2, 0) is 25.7 Å². The number of sulfonamides is 1. The zero-order valence-corrected chi connectivity index (χ0v) is 18.6. The highest BCUT2D eigenvalue weighted by Crippen LogP contribution is 2.35. The highest BCUT2D eigenvalue weighted by molar-refractivity contribution is 7.90. The molecule has 3 atom stereocenters. The van der Waals surface area contributed by atoms with Crippen LogP contribution in [0.2, 0.25) is 0 Å². The van der Waals surface area contributed by atoms with Crippen LogP contribution in [0.5, 0.6) is 0 Å². The molecular weight excluding hydrogens is 384 g/mol. The SMILES string of the molecule is CC(C)C1CCC(OCC2C(NS(C)=O)CCCN2S(=O)(=O)C2CC2)CC1. The van der Waals surface area contributed by atoms with Gasteiger partial charge in [-0.2, -0.15) is 4.31 Å². The summed E-state index contributed by atoms with van der Waals surface area (Å²) >= 11 is 0. The molecule has 0 aromatic carbocycles. The maximum atomic E-state index is 12.9. The van der Waals surface area contributed by atoms with Crippen molar-refractivity contribution in [2.75, 3.05) is 19.4 Å². The highest BCUT2D eigenvalue weighted by Gasteiger charge is 2.46. The molecule has 0 aromatic rings. The Morgan fingerprint density at radius 1 is 1.11 bits per heavy atom. The second-order valence-corrected chi connectivity index (χ2v) is 12.2. The van der Waals surface area contributed by atoms with Crippen molar-refractivity contribution in [1.29, 1.82) is 0 Å².